The Labute approximate surface area is 106 Å². The molecule has 0 saturated heterocycles. The van der Waals surface area contributed by atoms with E-state index in [0.29, 0.717) is 18.6 Å². The van der Waals surface area contributed by atoms with Crippen molar-refractivity contribution < 1.29 is 17.9 Å². The van der Waals surface area contributed by atoms with Crippen LogP contribution in [0.25, 0.3) is 0 Å². The summed E-state index contributed by atoms with van der Waals surface area (Å²) in [6.45, 7) is 7.54. The van der Waals surface area contributed by atoms with E-state index in [1.807, 2.05) is 27.7 Å². The number of ether oxygens (including phenoxy) is 1. The van der Waals surface area contributed by atoms with Gasteiger partial charge in [0.2, 0.25) is 0 Å². The third kappa shape index (κ3) is 4.33. The molecule has 1 rings (SSSR count). The van der Waals surface area contributed by atoms with Crippen LogP contribution in [0.4, 0.5) is 13.2 Å². The van der Waals surface area contributed by atoms with Crippen molar-refractivity contribution in [3.63, 3.8) is 0 Å². The van der Waals surface area contributed by atoms with Crippen LogP contribution < -0.4 is 0 Å². The third-order valence-corrected chi connectivity index (χ3v) is 2.64. The first kappa shape index (κ1) is 15.0. The van der Waals surface area contributed by atoms with Crippen molar-refractivity contribution in [2.24, 2.45) is 0 Å². The van der Waals surface area contributed by atoms with Crippen molar-refractivity contribution in [3.05, 3.63) is 35.1 Å². The van der Waals surface area contributed by atoms with Gasteiger partial charge in [0.05, 0.1) is 11.7 Å². The number of halogens is 3. The van der Waals surface area contributed by atoms with Crippen LogP contribution in [0.3, 0.4) is 0 Å². The fourth-order valence-electron chi connectivity index (χ4n) is 1.93. The van der Waals surface area contributed by atoms with E-state index in [4.69, 9.17) is 4.74 Å². The molecule has 0 saturated carbocycles. The lowest BCUT2D eigenvalue weighted by Gasteiger charge is -2.28. The maximum absolute atomic E-state index is 13.4. The highest BCUT2D eigenvalue weighted by Crippen LogP contribution is 2.23. The van der Waals surface area contributed by atoms with Gasteiger partial charge in [-0.25, -0.2) is 13.2 Å². The molecule has 0 aromatic heterocycles. The van der Waals surface area contributed by atoms with E-state index >= 15 is 0 Å². The summed E-state index contributed by atoms with van der Waals surface area (Å²) in [4.78, 5) is 0. The zero-order valence-electron chi connectivity index (χ0n) is 11.2. The second-order valence-electron chi connectivity index (χ2n) is 5.27. The van der Waals surface area contributed by atoms with Crippen molar-refractivity contribution in [3.8, 4) is 0 Å². The molecular weight excluding hydrogens is 241 g/mol. The second-order valence-corrected chi connectivity index (χ2v) is 5.27. The Hall–Kier alpha value is -1.03. The second kappa shape index (κ2) is 5.74. The van der Waals surface area contributed by atoms with Crippen molar-refractivity contribution in [2.75, 3.05) is 0 Å². The maximum atomic E-state index is 13.4. The lowest BCUT2D eigenvalue weighted by molar-refractivity contribution is -0.0601. The molecule has 1 aromatic carbocycles. The van der Waals surface area contributed by atoms with Crippen LogP contribution in [0.15, 0.2) is 12.1 Å². The number of rotatable bonds is 5. The lowest BCUT2D eigenvalue weighted by Crippen LogP contribution is -2.28. The summed E-state index contributed by atoms with van der Waals surface area (Å²) in [5.74, 6) is -2.58. The summed E-state index contributed by atoms with van der Waals surface area (Å²) < 4.78 is 45.3. The molecule has 0 amide bonds. The van der Waals surface area contributed by atoms with Gasteiger partial charge < -0.3 is 4.74 Å². The average Bonchev–Trinajstić information content (AvgIpc) is 2.12. The minimum absolute atomic E-state index is 0.0444. The molecular formula is C14H19F3O. The first-order valence-corrected chi connectivity index (χ1v) is 6.02. The average molecular weight is 260 g/mol. The normalized spacial score (nSPS) is 12.2. The summed E-state index contributed by atoms with van der Waals surface area (Å²) in [7, 11) is 0. The highest BCUT2D eigenvalue weighted by atomic mass is 19.1. The van der Waals surface area contributed by atoms with Gasteiger partial charge in [-0.3, -0.25) is 0 Å². The summed E-state index contributed by atoms with van der Waals surface area (Å²) in [5, 5.41) is 0. The van der Waals surface area contributed by atoms with Crippen molar-refractivity contribution in [1.82, 2.24) is 0 Å². The molecule has 0 unspecified atom stereocenters. The van der Waals surface area contributed by atoms with Gasteiger partial charge in [0.25, 0.3) is 0 Å². The van der Waals surface area contributed by atoms with Gasteiger partial charge in [0.1, 0.15) is 17.5 Å². The SMILES string of the molecule is CC(C)OC(C)(C)CCc1c(F)cc(F)cc1F. The van der Waals surface area contributed by atoms with E-state index < -0.39 is 23.1 Å². The molecule has 1 aromatic rings. The van der Waals surface area contributed by atoms with Crippen molar-refractivity contribution in [2.45, 2.75) is 52.2 Å². The van der Waals surface area contributed by atoms with Crippen LogP contribution in [-0.2, 0) is 11.2 Å². The number of hydrogen-bond donors (Lipinski definition) is 0. The third-order valence-electron chi connectivity index (χ3n) is 2.64. The van der Waals surface area contributed by atoms with Crippen LogP contribution in [0, 0.1) is 17.5 Å². The van der Waals surface area contributed by atoms with Gasteiger partial charge >= 0.3 is 0 Å². The highest BCUT2D eigenvalue weighted by Gasteiger charge is 2.22. The topological polar surface area (TPSA) is 9.23 Å². The molecule has 0 N–H and O–H groups in total. The van der Waals surface area contributed by atoms with E-state index in [2.05, 4.69) is 0 Å². The molecule has 0 heterocycles. The first-order valence-electron chi connectivity index (χ1n) is 6.02. The van der Waals surface area contributed by atoms with E-state index in [9.17, 15) is 13.2 Å². The van der Waals surface area contributed by atoms with Crippen molar-refractivity contribution in [1.29, 1.82) is 0 Å². The number of hydrogen-bond acceptors (Lipinski definition) is 1. The van der Waals surface area contributed by atoms with Crippen LogP contribution in [0.5, 0.6) is 0 Å². The number of benzene rings is 1. The molecule has 0 aliphatic heterocycles. The van der Waals surface area contributed by atoms with E-state index in [0.717, 1.165) is 0 Å². The lowest BCUT2D eigenvalue weighted by atomic mass is 9.97. The van der Waals surface area contributed by atoms with Gasteiger partial charge in [-0.05, 0) is 40.5 Å². The smallest absolute Gasteiger partial charge is 0.132 e. The maximum Gasteiger partial charge on any atom is 0.132 e. The summed E-state index contributed by atoms with van der Waals surface area (Å²) in [5.41, 5.74) is -0.557. The molecule has 0 spiro atoms. The largest absolute Gasteiger partial charge is 0.373 e. The predicted molar refractivity (Wildman–Crippen MR) is 64.9 cm³/mol. The van der Waals surface area contributed by atoms with E-state index in [1.54, 1.807) is 0 Å². The van der Waals surface area contributed by atoms with Gasteiger partial charge in [-0.2, -0.15) is 0 Å². The van der Waals surface area contributed by atoms with E-state index in [-0.39, 0.29) is 18.1 Å². The Bertz CT molecular complexity index is 390. The first-order chi connectivity index (χ1) is 8.21. The summed E-state index contributed by atoms with van der Waals surface area (Å²) in [6.07, 6.45) is 0.686. The molecule has 18 heavy (non-hydrogen) atoms. The Morgan fingerprint density at radius 3 is 2.06 bits per heavy atom. The Balaban J connectivity index is 2.75. The van der Waals surface area contributed by atoms with E-state index in [1.165, 1.54) is 0 Å². The van der Waals surface area contributed by atoms with Crippen LogP contribution in [0.2, 0.25) is 0 Å². The Kier molecular flexibility index (Phi) is 4.79. The van der Waals surface area contributed by atoms with Crippen LogP contribution in [-0.4, -0.2) is 11.7 Å². The molecule has 1 nitrogen and oxygen atoms in total. The minimum Gasteiger partial charge on any atom is -0.373 e. The summed E-state index contributed by atoms with van der Waals surface area (Å²) in [6, 6.07) is 1.41. The monoisotopic (exact) mass is 260 g/mol. The molecule has 0 fully saturated rings. The van der Waals surface area contributed by atoms with Gasteiger partial charge in [0.15, 0.2) is 0 Å². The van der Waals surface area contributed by atoms with Gasteiger partial charge in [0, 0.05) is 17.7 Å². The van der Waals surface area contributed by atoms with Gasteiger partial charge in [-0.15, -0.1) is 0 Å². The standard InChI is InChI=1S/C14H19F3O/c1-9(2)18-14(3,4)6-5-11-12(16)7-10(15)8-13(11)17/h7-9H,5-6H2,1-4H3. The fraction of sp³-hybridized carbons (Fsp3) is 0.571. The minimum atomic E-state index is -0.897. The predicted octanol–water partition coefficient (Wildman–Crippen LogP) is 4.24. The molecule has 0 aliphatic rings. The fourth-order valence-corrected chi connectivity index (χ4v) is 1.93. The van der Waals surface area contributed by atoms with Gasteiger partial charge in [-0.1, -0.05) is 0 Å². The molecule has 4 heteroatoms. The molecule has 0 bridgehead atoms. The molecule has 102 valence electrons. The van der Waals surface area contributed by atoms with Crippen LogP contribution in [0.1, 0.15) is 39.7 Å². The highest BCUT2D eigenvalue weighted by molar-refractivity contribution is 5.21. The van der Waals surface area contributed by atoms with Crippen molar-refractivity contribution >= 4 is 0 Å². The zero-order chi connectivity index (χ0) is 13.9. The Morgan fingerprint density at radius 2 is 1.61 bits per heavy atom. The summed E-state index contributed by atoms with van der Waals surface area (Å²) >= 11 is 0. The zero-order valence-corrected chi connectivity index (χ0v) is 11.2. The molecule has 0 aliphatic carbocycles. The molecule has 0 atom stereocenters. The Morgan fingerprint density at radius 1 is 1.11 bits per heavy atom. The van der Waals surface area contributed by atoms with Crippen LogP contribution >= 0.6 is 0 Å². The molecule has 0 radical (unpaired) electrons. The quantitative estimate of drug-likeness (QED) is 0.769.